The lowest BCUT2D eigenvalue weighted by molar-refractivity contribution is -0.127. The molecule has 1 heterocycles. The number of carbonyl (C=O) groups is 1. The number of amides is 1. The quantitative estimate of drug-likeness (QED) is 0.675. The molecule has 1 aliphatic heterocycles. The number of nitrogens with zero attached hydrogens (tertiary/aromatic N) is 1. The molecule has 5 heteroatoms. The molecule has 0 unspecified atom stereocenters. The van der Waals surface area contributed by atoms with Crippen LogP contribution in [-0.4, -0.2) is 25.1 Å². The summed E-state index contributed by atoms with van der Waals surface area (Å²) in [6.07, 6.45) is 1.91. The highest BCUT2D eigenvalue weighted by molar-refractivity contribution is 6.31. The third-order valence-electron chi connectivity index (χ3n) is 5.71. The normalized spacial score (nSPS) is 16.9. The number of piperidine rings is 1. The van der Waals surface area contributed by atoms with Crippen LogP contribution in [0.3, 0.4) is 0 Å². The molecule has 2 aromatic rings. The van der Waals surface area contributed by atoms with Crippen LogP contribution < -0.4 is 15.0 Å². The number of carbonyl (C=O) groups excluding carboxylic acids is 1. The molecule has 1 amide bonds. The minimum Gasteiger partial charge on any atom is -0.481 e. The maximum Gasteiger partial charge on any atom is 0.261 e. The van der Waals surface area contributed by atoms with Gasteiger partial charge in [-0.3, -0.25) is 4.79 Å². The molecule has 4 nitrogen and oxygen atoms in total. The van der Waals surface area contributed by atoms with Crippen LogP contribution in [0.1, 0.15) is 50.8 Å². The first-order valence-electron chi connectivity index (χ1n) is 10.4. The highest BCUT2D eigenvalue weighted by Crippen LogP contribution is 2.25. The van der Waals surface area contributed by atoms with E-state index in [9.17, 15) is 4.79 Å². The number of hydrogen-bond donors (Lipinski definition) is 1. The number of aryl methyl sites for hydroxylation is 1. The van der Waals surface area contributed by atoms with Crippen LogP contribution in [0.5, 0.6) is 5.75 Å². The van der Waals surface area contributed by atoms with E-state index in [1.165, 1.54) is 18.5 Å². The Hall–Kier alpha value is -2.20. The zero-order valence-corrected chi connectivity index (χ0v) is 18.5. The van der Waals surface area contributed by atoms with Crippen molar-refractivity contribution in [2.75, 3.05) is 18.0 Å². The van der Waals surface area contributed by atoms with Crippen LogP contribution in [0.25, 0.3) is 0 Å². The van der Waals surface area contributed by atoms with Gasteiger partial charge in [-0.25, -0.2) is 0 Å². The van der Waals surface area contributed by atoms with Crippen molar-refractivity contribution < 1.29 is 9.53 Å². The Morgan fingerprint density at radius 3 is 2.41 bits per heavy atom. The van der Waals surface area contributed by atoms with Crippen molar-refractivity contribution in [1.82, 2.24) is 5.32 Å². The third kappa shape index (κ3) is 5.66. The second kappa shape index (κ2) is 9.53. The second-order valence-electron chi connectivity index (χ2n) is 8.16. The number of benzene rings is 2. The predicted octanol–water partition coefficient (Wildman–Crippen LogP) is 5.53. The van der Waals surface area contributed by atoms with Gasteiger partial charge < -0.3 is 15.0 Å². The highest BCUT2D eigenvalue weighted by Gasteiger charge is 2.19. The van der Waals surface area contributed by atoms with Crippen LogP contribution in [0, 0.1) is 12.8 Å². The molecule has 0 aliphatic carbocycles. The van der Waals surface area contributed by atoms with Gasteiger partial charge >= 0.3 is 0 Å². The average Bonchev–Trinajstić information content (AvgIpc) is 2.71. The van der Waals surface area contributed by atoms with Crippen LogP contribution >= 0.6 is 11.6 Å². The topological polar surface area (TPSA) is 41.6 Å². The summed E-state index contributed by atoms with van der Waals surface area (Å²) in [5.74, 6) is 1.32. The molecule has 0 spiro atoms. The van der Waals surface area contributed by atoms with E-state index in [0.29, 0.717) is 10.8 Å². The molecule has 1 aliphatic rings. The number of anilines is 1. The van der Waals surface area contributed by atoms with E-state index >= 15 is 0 Å². The molecule has 156 valence electrons. The molecule has 1 saturated heterocycles. The Balaban J connectivity index is 1.55. The fourth-order valence-corrected chi connectivity index (χ4v) is 3.72. The van der Waals surface area contributed by atoms with Crippen LogP contribution in [0.2, 0.25) is 5.02 Å². The van der Waals surface area contributed by atoms with Gasteiger partial charge in [-0.15, -0.1) is 0 Å². The zero-order chi connectivity index (χ0) is 21.0. The van der Waals surface area contributed by atoms with Crippen molar-refractivity contribution in [3.8, 4) is 5.75 Å². The van der Waals surface area contributed by atoms with E-state index in [1.54, 1.807) is 19.1 Å². The van der Waals surface area contributed by atoms with Crippen molar-refractivity contribution in [3.05, 3.63) is 58.6 Å². The molecule has 0 bridgehead atoms. The molecular formula is C24H31ClN2O2. The van der Waals surface area contributed by atoms with Gasteiger partial charge in [0.2, 0.25) is 0 Å². The van der Waals surface area contributed by atoms with Gasteiger partial charge in [0, 0.05) is 23.8 Å². The lowest BCUT2D eigenvalue weighted by atomic mass is 9.98. The molecule has 3 rings (SSSR count). The van der Waals surface area contributed by atoms with Crippen molar-refractivity contribution in [1.29, 1.82) is 0 Å². The Labute approximate surface area is 179 Å². The summed E-state index contributed by atoms with van der Waals surface area (Å²) in [4.78, 5) is 15.0. The van der Waals surface area contributed by atoms with Crippen molar-refractivity contribution in [2.45, 2.75) is 52.7 Å². The third-order valence-corrected chi connectivity index (χ3v) is 6.14. The summed E-state index contributed by atoms with van der Waals surface area (Å²) in [6, 6.07) is 13.8. The first-order valence-corrected chi connectivity index (χ1v) is 10.8. The van der Waals surface area contributed by atoms with Crippen molar-refractivity contribution in [3.63, 3.8) is 0 Å². The van der Waals surface area contributed by atoms with Gasteiger partial charge in [-0.1, -0.05) is 30.7 Å². The van der Waals surface area contributed by atoms with Gasteiger partial charge in [0.25, 0.3) is 5.91 Å². The molecule has 1 fully saturated rings. The van der Waals surface area contributed by atoms with Crippen LogP contribution in [0.4, 0.5) is 5.69 Å². The summed E-state index contributed by atoms with van der Waals surface area (Å²) < 4.78 is 5.78. The van der Waals surface area contributed by atoms with Gasteiger partial charge in [0.1, 0.15) is 5.75 Å². The first kappa shape index (κ1) is 21.5. The second-order valence-corrected chi connectivity index (χ2v) is 8.57. The monoisotopic (exact) mass is 414 g/mol. The van der Waals surface area contributed by atoms with Crippen molar-refractivity contribution in [2.24, 2.45) is 5.92 Å². The average molecular weight is 415 g/mol. The Morgan fingerprint density at radius 2 is 1.79 bits per heavy atom. The lowest BCUT2D eigenvalue weighted by Gasteiger charge is -2.32. The summed E-state index contributed by atoms with van der Waals surface area (Å²) in [5.41, 5.74) is 3.27. The van der Waals surface area contributed by atoms with E-state index in [-0.39, 0.29) is 11.9 Å². The molecular weight excluding hydrogens is 384 g/mol. The molecule has 1 N–H and O–H groups in total. The van der Waals surface area contributed by atoms with Gasteiger partial charge in [-0.2, -0.15) is 0 Å². The minimum atomic E-state index is -0.590. The van der Waals surface area contributed by atoms with Gasteiger partial charge in [-0.05, 0) is 81.0 Å². The maximum absolute atomic E-state index is 12.6. The van der Waals surface area contributed by atoms with E-state index in [1.807, 2.05) is 19.9 Å². The summed E-state index contributed by atoms with van der Waals surface area (Å²) in [6.45, 7) is 10.2. The lowest BCUT2D eigenvalue weighted by Crippen LogP contribution is -2.37. The fourth-order valence-electron chi connectivity index (χ4n) is 3.60. The van der Waals surface area contributed by atoms with Crippen LogP contribution in [-0.2, 0) is 4.79 Å². The Kier molecular flexibility index (Phi) is 7.07. The SMILES string of the molecule is Cc1cc(O[C@H](C)C(=O)N[C@@H](C)c2ccc(N3CCC(C)CC3)cc2)ccc1Cl. The van der Waals surface area contributed by atoms with Gasteiger partial charge in [0.05, 0.1) is 6.04 Å². The number of ether oxygens (including phenoxy) is 1. The number of halogens is 1. The minimum absolute atomic E-state index is 0.0871. The Morgan fingerprint density at radius 1 is 1.14 bits per heavy atom. The van der Waals surface area contributed by atoms with E-state index in [2.05, 4.69) is 41.4 Å². The van der Waals surface area contributed by atoms with E-state index < -0.39 is 6.10 Å². The number of nitrogens with one attached hydrogen (secondary N) is 1. The number of hydrogen-bond acceptors (Lipinski definition) is 3. The molecule has 2 aromatic carbocycles. The first-order chi connectivity index (χ1) is 13.8. The van der Waals surface area contributed by atoms with Crippen LogP contribution in [0.15, 0.2) is 42.5 Å². The van der Waals surface area contributed by atoms with E-state index in [4.69, 9.17) is 16.3 Å². The molecule has 29 heavy (non-hydrogen) atoms. The predicted molar refractivity (Wildman–Crippen MR) is 120 cm³/mol. The summed E-state index contributed by atoms with van der Waals surface area (Å²) in [7, 11) is 0. The molecule has 0 radical (unpaired) electrons. The molecule has 0 aromatic heterocycles. The molecule has 0 saturated carbocycles. The Bertz CT molecular complexity index is 829. The highest BCUT2D eigenvalue weighted by atomic mass is 35.5. The maximum atomic E-state index is 12.6. The standard InChI is InChI=1S/C24H31ClN2O2/c1-16-11-13-27(14-12-16)21-7-5-20(6-8-21)18(3)26-24(28)19(4)29-22-9-10-23(25)17(2)15-22/h5-10,15-16,18-19H,11-14H2,1-4H3,(H,26,28)/t18-,19+/m0/s1. The van der Waals surface area contributed by atoms with E-state index in [0.717, 1.165) is 30.1 Å². The smallest absolute Gasteiger partial charge is 0.261 e. The number of rotatable bonds is 6. The van der Waals surface area contributed by atoms with Gasteiger partial charge in [0.15, 0.2) is 6.10 Å². The molecule has 2 atom stereocenters. The summed E-state index contributed by atoms with van der Waals surface area (Å²) >= 11 is 6.05. The fraction of sp³-hybridized carbons (Fsp3) is 0.458. The zero-order valence-electron chi connectivity index (χ0n) is 17.7. The van der Waals surface area contributed by atoms with Crippen molar-refractivity contribution >= 4 is 23.2 Å². The largest absolute Gasteiger partial charge is 0.481 e. The summed E-state index contributed by atoms with van der Waals surface area (Å²) in [5, 5.41) is 3.73.